The molecule has 4 nitrogen and oxygen atoms in total. The molecule has 0 aliphatic heterocycles. The predicted octanol–water partition coefficient (Wildman–Crippen LogP) is 2.90. The second-order valence-electron chi connectivity index (χ2n) is 5.80. The maximum atomic E-state index is 13.2. The highest BCUT2D eigenvalue weighted by atomic mass is 127. The van der Waals surface area contributed by atoms with Gasteiger partial charge in [-0.2, -0.15) is 0 Å². The Labute approximate surface area is 156 Å². The number of benzene rings is 1. The second-order valence-corrected chi connectivity index (χ2v) is 5.80. The average molecular weight is 434 g/mol. The fraction of sp³-hybridized carbons (Fsp3) is 0.588. The number of nitrogens with zero attached hydrogens (tertiary/aromatic N) is 2. The number of likely N-dealkylation sites (N-methyl/N-ethyl adjacent to an activating group) is 1. The molecular weight excluding hydrogens is 406 g/mol. The molecule has 0 spiro atoms. The summed E-state index contributed by atoms with van der Waals surface area (Å²) >= 11 is 0. The molecule has 0 aromatic heterocycles. The summed E-state index contributed by atoms with van der Waals surface area (Å²) in [6.45, 7) is 7.66. The highest BCUT2D eigenvalue weighted by Crippen LogP contribution is 2.25. The first-order chi connectivity index (χ1) is 10.6. The van der Waals surface area contributed by atoms with Gasteiger partial charge in [-0.3, -0.25) is 9.89 Å². The summed E-state index contributed by atoms with van der Waals surface area (Å²) < 4.78 is 13.2. The number of nitrogens with one attached hydrogen (secondary N) is 2. The maximum absolute atomic E-state index is 13.2. The normalized spacial score (nSPS) is 14.6. The molecule has 2 rings (SSSR count). The zero-order valence-electron chi connectivity index (χ0n) is 14.2. The van der Waals surface area contributed by atoms with Gasteiger partial charge in [0.25, 0.3) is 0 Å². The third kappa shape index (κ3) is 6.63. The molecule has 0 heterocycles. The second kappa shape index (κ2) is 10.1. The molecule has 2 N–H and O–H groups in total. The summed E-state index contributed by atoms with van der Waals surface area (Å²) in [5, 5.41) is 6.60. The first-order valence-corrected chi connectivity index (χ1v) is 8.07. The predicted molar refractivity (Wildman–Crippen MR) is 105 cm³/mol. The van der Waals surface area contributed by atoms with E-state index in [-0.39, 0.29) is 29.8 Å². The van der Waals surface area contributed by atoms with Crippen molar-refractivity contribution >= 4 is 29.9 Å². The Hall–Kier alpha value is -0.890. The van der Waals surface area contributed by atoms with E-state index in [2.05, 4.69) is 27.4 Å². The van der Waals surface area contributed by atoms with Gasteiger partial charge in [-0.25, -0.2) is 4.39 Å². The maximum Gasteiger partial charge on any atom is 0.191 e. The van der Waals surface area contributed by atoms with Crippen LogP contribution < -0.4 is 10.6 Å². The van der Waals surface area contributed by atoms with Crippen LogP contribution in [0.25, 0.3) is 0 Å². The molecule has 1 aliphatic carbocycles. The van der Waals surface area contributed by atoms with Crippen molar-refractivity contribution in [2.45, 2.75) is 39.3 Å². The van der Waals surface area contributed by atoms with Crippen molar-refractivity contribution in [1.82, 2.24) is 15.5 Å². The van der Waals surface area contributed by atoms with Crippen molar-refractivity contribution in [2.24, 2.45) is 4.99 Å². The van der Waals surface area contributed by atoms with Gasteiger partial charge in [-0.05, 0) is 43.5 Å². The Kier molecular flexibility index (Phi) is 8.83. The van der Waals surface area contributed by atoms with Gasteiger partial charge in [0.1, 0.15) is 5.82 Å². The summed E-state index contributed by atoms with van der Waals surface area (Å²) in [7, 11) is 1.77. The van der Waals surface area contributed by atoms with Crippen LogP contribution in [0.15, 0.2) is 23.2 Å². The van der Waals surface area contributed by atoms with Crippen LogP contribution >= 0.6 is 24.0 Å². The third-order valence-electron chi connectivity index (χ3n) is 4.07. The van der Waals surface area contributed by atoms with E-state index in [0.29, 0.717) is 12.1 Å². The fourth-order valence-corrected chi connectivity index (χ4v) is 2.58. The third-order valence-corrected chi connectivity index (χ3v) is 4.07. The van der Waals surface area contributed by atoms with Gasteiger partial charge < -0.3 is 10.6 Å². The molecule has 1 aromatic rings. The SMILES string of the molecule is CCN(CCNC(=NC)NCc1ccc(F)c(C)c1)C1CC1.I. The van der Waals surface area contributed by atoms with Gasteiger partial charge in [0.2, 0.25) is 0 Å². The lowest BCUT2D eigenvalue weighted by molar-refractivity contribution is 0.282. The van der Waals surface area contributed by atoms with Gasteiger partial charge in [0.15, 0.2) is 5.96 Å². The standard InChI is InChI=1S/C17H27FN4.HI/c1-4-22(15-6-7-15)10-9-20-17(19-3)21-12-14-5-8-16(18)13(2)11-14;/h5,8,11,15H,4,6-7,9-10,12H2,1-3H3,(H2,19,20,21);1H. The highest BCUT2D eigenvalue weighted by Gasteiger charge is 2.27. The molecule has 1 aromatic carbocycles. The number of hydrogen-bond acceptors (Lipinski definition) is 2. The van der Waals surface area contributed by atoms with E-state index in [1.807, 2.05) is 6.07 Å². The molecule has 23 heavy (non-hydrogen) atoms. The Balaban J connectivity index is 0.00000264. The van der Waals surface area contributed by atoms with E-state index in [1.165, 1.54) is 18.9 Å². The summed E-state index contributed by atoms with van der Waals surface area (Å²) in [6.07, 6.45) is 2.68. The van der Waals surface area contributed by atoms with E-state index in [4.69, 9.17) is 0 Å². The highest BCUT2D eigenvalue weighted by molar-refractivity contribution is 14.0. The fourth-order valence-electron chi connectivity index (χ4n) is 2.58. The first kappa shape index (κ1) is 20.2. The molecule has 0 unspecified atom stereocenters. The molecule has 0 atom stereocenters. The topological polar surface area (TPSA) is 39.7 Å². The number of hydrogen-bond donors (Lipinski definition) is 2. The van der Waals surface area contributed by atoms with E-state index in [1.54, 1.807) is 20.0 Å². The minimum Gasteiger partial charge on any atom is -0.355 e. The van der Waals surface area contributed by atoms with Crippen molar-refractivity contribution in [3.8, 4) is 0 Å². The van der Waals surface area contributed by atoms with Gasteiger partial charge >= 0.3 is 0 Å². The van der Waals surface area contributed by atoms with Crippen LogP contribution in [-0.2, 0) is 6.54 Å². The molecule has 0 bridgehead atoms. The summed E-state index contributed by atoms with van der Waals surface area (Å²) in [5.41, 5.74) is 1.72. The zero-order valence-corrected chi connectivity index (χ0v) is 16.6. The molecule has 0 radical (unpaired) electrons. The number of guanidine groups is 1. The van der Waals surface area contributed by atoms with Crippen LogP contribution in [0.1, 0.15) is 30.9 Å². The van der Waals surface area contributed by atoms with Crippen LogP contribution in [0.2, 0.25) is 0 Å². The Morgan fingerprint density at radius 2 is 2.09 bits per heavy atom. The minimum atomic E-state index is -0.161. The average Bonchev–Trinajstić information content (AvgIpc) is 3.35. The number of aryl methyl sites for hydroxylation is 1. The van der Waals surface area contributed by atoms with E-state index < -0.39 is 0 Å². The molecular formula is C17H28FIN4. The minimum absolute atomic E-state index is 0. The molecule has 130 valence electrons. The summed E-state index contributed by atoms with van der Waals surface area (Å²) in [6, 6.07) is 5.97. The first-order valence-electron chi connectivity index (χ1n) is 8.07. The van der Waals surface area contributed by atoms with Gasteiger partial charge in [0, 0.05) is 32.7 Å². The van der Waals surface area contributed by atoms with Crippen molar-refractivity contribution in [2.75, 3.05) is 26.7 Å². The molecule has 1 fully saturated rings. The Morgan fingerprint density at radius 3 is 2.65 bits per heavy atom. The van der Waals surface area contributed by atoms with E-state index >= 15 is 0 Å². The van der Waals surface area contributed by atoms with E-state index in [0.717, 1.165) is 37.2 Å². The molecule has 0 saturated heterocycles. The van der Waals surface area contributed by atoms with Gasteiger partial charge in [-0.1, -0.05) is 19.1 Å². The molecule has 1 saturated carbocycles. The largest absolute Gasteiger partial charge is 0.355 e. The summed E-state index contributed by atoms with van der Waals surface area (Å²) in [4.78, 5) is 6.73. The van der Waals surface area contributed by atoms with E-state index in [9.17, 15) is 4.39 Å². The number of aliphatic imine (C=N–C) groups is 1. The van der Waals surface area contributed by atoms with Crippen LogP contribution in [0.4, 0.5) is 4.39 Å². The number of halogens is 2. The lowest BCUT2D eigenvalue weighted by atomic mass is 10.1. The van der Waals surface area contributed by atoms with Crippen LogP contribution in [0, 0.1) is 12.7 Å². The van der Waals surface area contributed by atoms with Crippen LogP contribution in [-0.4, -0.2) is 43.6 Å². The van der Waals surface area contributed by atoms with Gasteiger partial charge in [0.05, 0.1) is 0 Å². The lowest BCUT2D eigenvalue weighted by Gasteiger charge is -2.20. The lowest BCUT2D eigenvalue weighted by Crippen LogP contribution is -2.41. The summed E-state index contributed by atoms with van der Waals surface area (Å²) in [5.74, 6) is 0.625. The monoisotopic (exact) mass is 434 g/mol. The van der Waals surface area contributed by atoms with Crippen LogP contribution in [0.5, 0.6) is 0 Å². The quantitative estimate of drug-likeness (QED) is 0.394. The van der Waals surface area contributed by atoms with Crippen molar-refractivity contribution < 1.29 is 4.39 Å². The van der Waals surface area contributed by atoms with Crippen molar-refractivity contribution in [3.63, 3.8) is 0 Å². The number of rotatable bonds is 7. The zero-order chi connectivity index (χ0) is 15.9. The van der Waals surface area contributed by atoms with Crippen molar-refractivity contribution in [1.29, 1.82) is 0 Å². The molecule has 1 aliphatic rings. The molecule has 6 heteroatoms. The Morgan fingerprint density at radius 1 is 1.35 bits per heavy atom. The van der Waals surface area contributed by atoms with Gasteiger partial charge in [-0.15, -0.1) is 24.0 Å². The molecule has 0 amide bonds. The smallest absolute Gasteiger partial charge is 0.191 e. The van der Waals surface area contributed by atoms with Crippen molar-refractivity contribution in [3.05, 3.63) is 35.1 Å². The Bertz CT molecular complexity index is 517. The van der Waals surface area contributed by atoms with Crippen LogP contribution in [0.3, 0.4) is 0 Å².